The highest BCUT2D eigenvalue weighted by atomic mass is 19.1. The second-order valence-electron chi connectivity index (χ2n) is 8.13. The number of nitrogens with one attached hydrogen (secondary N) is 2. The number of carbonyl (C=O) groups excluding carboxylic acids is 1. The first-order valence-electron chi connectivity index (χ1n) is 9.97. The van der Waals surface area contributed by atoms with Gasteiger partial charge in [0.15, 0.2) is 0 Å². The molecule has 0 aromatic heterocycles. The van der Waals surface area contributed by atoms with Gasteiger partial charge in [-0.2, -0.15) is 0 Å². The van der Waals surface area contributed by atoms with E-state index in [0.717, 1.165) is 17.4 Å². The molecule has 0 heterocycles. The molecular weight excluding hydrogens is 339 g/mol. The van der Waals surface area contributed by atoms with Crippen LogP contribution < -0.4 is 10.6 Å². The molecule has 2 bridgehead atoms. The number of anilines is 1. The van der Waals surface area contributed by atoms with E-state index >= 15 is 0 Å². The van der Waals surface area contributed by atoms with E-state index in [1.165, 1.54) is 37.8 Å². The van der Waals surface area contributed by atoms with Gasteiger partial charge in [0.1, 0.15) is 11.9 Å². The molecule has 2 aliphatic carbocycles. The molecule has 2 fully saturated rings. The fraction of sp³-hybridized carbons (Fsp3) is 0.435. The molecule has 0 aliphatic heterocycles. The van der Waals surface area contributed by atoms with Gasteiger partial charge < -0.3 is 5.32 Å². The van der Waals surface area contributed by atoms with Crippen LogP contribution in [0.3, 0.4) is 0 Å². The minimum Gasteiger partial charge on any atom is -0.324 e. The van der Waals surface area contributed by atoms with E-state index in [2.05, 4.69) is 17.6 Å². The average Bonchev–Trinajstić information content (AvgIpc) is 3.32. The van der Waals surface area contributed by atoms with Gasteiger partial charge >= 0.3 is 0 Å². The summed E-state index contributed by atoms with van der Waals surface area (Å²) < 4.78 is 13.1. The lowest BCUT2D eigenvalue weighted by Gasteiger charge is -2.32. The summed E-state index contributed by atoms with van der Waals surface area (Å²) in [6.07, 6.45) is 5.34. The summed E-state index contributed by atoms with van der Waals surface area (Å²) >= 11 is 0. The Labute approximate surface area is 160 Å². The lowest BCUT2D eigenvalue weighted by molar-refractivity contribution is -0.118. The van der Waals surface area contributed by atoms with Crippen molar-refractivity contribution in [1.29, 1.82) is 0 Å². The van der Waals surface area contributed by atoms with Gasteiger partial charge in [0, 0.05) is 11.7 Å². The van der Waals surface area contributed by atoms with Crippen molar-refractivity contribution < 1.29 is 9.18 Å². The maximum atomic E-state index is 13.1. The molecule has 2 aromatic carbocycles. The Morgan fingerprint density at radius 3 is 2.41 bits per heavy atom. The Bertz CT molecular complexity index is 777. The molecule has 2 aliphatic rings. The van der Waals surface area contributed by atoms with Crippen molar-refractivity contribution in [3.05, 3.63) is 66.0 Å². The van der Waals surface area contributed by atoms with Gasteiger partial charge in [-0.05, 0) is 73.8 Å². The standard InChI is InChI=1S/C23H27FN2O/c1-15(21-14-16-7-8-18(21)13-16)25-22(17-5-3-2-4-6-17)23(27)26-20-11-9-19(24)10-12-20/h2-6,9-12,15-16,18,21-22,25H,7-8,13-14H2,1H3,(H,26,27)/t15-,16-,18-,21+,22+/m0/s1. The summed E-state index contributed by atoms with van der Waals surface area (Å²) in [6, 6.07) is 15.6. The van der Waals surface area contributed by atoms with E-state index in [9.17, 15) is 9.18 Å². The zero-order valence-electron chi connectivity index (χ0n) is 15.7. The third-order valence-corrected chi connectivity index (χ3v) is 6.37. The first kappa shape index (κ1) is 18.2. The predicted octanol–water partition coefficient (Wildman–Crippen LogP) is 4.92. The van der Waals surface area contributed by atoms with Gasteiger partial charge in [-0.1, -0.05) is 36.8 Å². The minimum absolute atomic E-state index is 0.109. The van der Waals surface area contributed by atoms with Crippen LogP contribution in [0, 0.1) is 23.6 Å². The molecule has 142 valence electrons. The lowest BCUT2D eigenvalue weighted by Crippen LogP contribution is -2.43. The van der Waals surface area contributed by atoms with Gasteiger partial charge in [0.2, 0.25) is 5.91 Å². The topological polar surface area (TPSA) is 41.1 Å². The largest absolute Gasteiger partial charge is 0.324 e. The quantitative estimate of drug-likeness (QED) is 0.762. The highest BCUT2D eigenvalue weighted by Crippen LogP contribution is 2.49. The molecule has 0 spiro atoms. The van der Waals surface area contributed by atoms with Crippen molar-refractivity contribution in [3.8, 4) is 0 Å². The first-order chi connectivity index (χ1) is 13.1. The van der Waals surface area contributed by atoms with Crippen LogP contribution in [0.4, 0.5) is 10.1 Å². The first-order valence-corrected chi connectivity index (χ1v) is 9.97. The Morgan fingerprint density at radius 1 is 1.04 bits per heavy atom. The number of hydrogen-bond acceptors (Lipinski definition) is 2. The van der Waals surface area contributed by atoms with Crippen LogP contribution >= 0.6 is 0 Å². The van der Waals surface area contributed by atoms with Crippen molar-refractivity contribution in [2.75, 3.05) is 5.32 Å². The van der Waals surface area contributed by atoms with E-state index in [0.29, 0.717) is 11.6 Å². The number of amides is 1. The summed E-state index contributed by atoms with van der Waals surface area (Å²) in [6.45, 7) is 2.21. The molecule has 0 radical (unpaired) electrons. The van der Waals surface area contributed by atoms with Crippen LogP contribution in [0.15, 0.2) is 54.6 Å². The fourth-order valence-electron chi connectivity index (χ4n) is 5.01. The van der Waals surface area contributed by atoms with Crippen LogP contribution in [-0.2, 0) is 4.79 Å². The Hall–Kier alpha value is -2.20. The predicted molar refractivity (Wildman–Crippen MR) is 106 cm³/mol. The van der Waals surface area contributed by atoms with Gasteiger partial charge in [0.05, 0.1) is 0 Å². The Morgan fingerprint density at radius 2 is 1.78 bits per heavy atom. The van der Waals surface area contributed by atoms with Crippen LogP contribution in [0.25, 0.3) is 0 Å². The summed E-state index contributed by atoms with van der Waals surface area (Å²) in [5, 5.41) is 6.53. The summed E-state index contributed by atoms with van der Waals surface area (Å²) in [7, 11) is 0. The Kier molecular flexibility index (Phi) is 5.26. The number of fused-ring (bicyclic) bond motifs is 2. The van der Waals surface area contributed by atoms with Crippen molar-refractivity contribution >= 4 is 11.6 Å². The molecule has 4 heteroatoms. The highest BCUT2D eigenvalue weighted by Gasteiger charge is 2.42. The second kappa shape index (κ2) is 7.81. The zero-order chi connectivity index (χ0) is 18.8. The molecule has 1 amide bonds. The van der Waals surface area contributed by atoms with E-state index in [-0.39, 0.29) is 17.8 Å². The number of rotatable bonds is 6. The number of halogens is 1. The molecule has 0 unspecified atom stereocenters. The number of benzene rings is 2. The summed E-state index contributed by atoms with van der Waals surface area (Å²) in [4.78, 5) is 13.0. The molecule has 2 saturated carbocycles. The highest BCUT2D eigenvalue weighted by molar-refractivity contribution is 5.95. The molecule has 2 aromatic rings. The van der Waals surface area contributed by atoms with Crippen molar-refractivity contribution in [1.82, 2.24) is 5.32 Å². The average molecular weight is 366 g/mol. The smallest absolute Gasteiger partial charge is 0.246 e. The van der Waals surface area contributed by atoms with E-state index in [1.807, 2.05) is 30.3 Å². The molecule has 2 N–H and O–H groups in total. The number of carbonyl (C=O) groups is 1. The monoisotopic (exact) mass is 366 g/mol. The van der Waals surface area contributed by atoms with Crippen LogP contribution in [-0.4, -0.2) is 11.9 Å². The third-order valence-electron chi connectivity index (χ3n) is 6.37. The maximum Gasteiger partial charge on any atom is 0.246 e. The zero-order valence-corrected chi connectivity index (χ0v) is 15.7. The van der Waals surface area contributed by atoms with E-state index in [4.69, 9.17) is 0 Å². The molecular formula is C23H27FN2O. The fourth-order valence-corrected chi connectivity index (χ4v) is 5.01. The summed E-state index contributed by atoms with van der Waals surface area (Å²) in [5.41, 5.74) is 1.56. The molecule has 0 saturated heterocycles. The van der Waals surface area contributed by atoms with Gasteiger partial charge in [0.25, 0.3) is 0 Å². The third kappa shape index (κ3) is 4.06. The second-order valence-corrected chi connectivity index (χ2v) is 8.13. The maximum absolute atomic E-state index is 13.1. The minimum atomic E-state index is -0.426. The molecule has 5 atom stereocenters. The van der Waals surface area contributed by atoms with Crippen LogP contribution in [0.2, 0.25) is 0 Å². The lowest BCUT2D eigenvalue weighted by atomic mass is 9.83. The SMILES string of the molecule is C[C@H](N[C@@H](C(=O)Nc1ccc(F)cc1)c1ccccc1)[C@H]1C[C@H]2CC[C@H]1C2. The van der Waals surface area contributed by atoms with Crippen molar-refractivity contribution in [2.24, 2.45) is 17.8 Å². The molecule has 3 nitrogen and oxygen atoms in total. The van der Waals surface area contributed by atoms with E-state index < -0.39 is 6.04 Å². The van der Waals surface area contributed by atoms with Crippen LogP contribution in [0.5, 0.6) is 0 Å². The van der Waals surface area contributed by atoms with Gasteiger partial charge in [-0.25, -0.2) is 4.39 Å². The van der Waals surface area contributed by atoms with Gasteiger partial charge in [-0.3, -0.25) is 10.1 Å². The van der Waals surface area contributed by atoms with E-state index in [1.54, 1.807) is 12.1 Å². The molecule has 4 rings (SSSR count). The van der Waals surface area contributed by atoms with Crippen LogP contribution in [0.1, 0.15) is 44.2 Å². The number of hydrogen-bond donors (Lipinski definition) is 2. The normalized spacial score (nSPS) is 25.9. The van der Waals surface area contributed by atoms with Crippen molar-refractivity contribution in [3.63, 3.8) is 0 Å². The van der Waals surface area contributed by atoms with Crippen molar-refractivity contribution in [2.45, 2.75) is 44.7 Å². The van der Waals surface area contributed by atoms with Gasteiger partial charge in [-0.15, -0.1) is 0 Å². The Balaban J connectivity index is 1.50. The molecule has 27 heavy (non-hydrogen) atoms. The summed E-state index contributed by atoms with van der Waals surface area (Å²) in [5.74, 6) is 1.91.